The van der Waals surface area contributed by atoms with Gasteiger partial charge in [0.15, 0.2) is 0 Å². The van der Waals surface area contributed by atoms with Gasteiger partial charge in [-0.05, 0) is 12.1 Å². The molecule has 0 aliphatic carbocycles. The van der Waals surface area contributed by atoms with Gasteiger partial charge in [0.1, 0.15) is 17.1 Å². The molecule has 5 heteroatoms. The topological polar surface area (TPSA) is 69.6 Å². The first-order valence-corrected chi connectivity index (χ1v) is 4.03. The summed E-state index contributed by atoms with van der Waals surface area (Å²) in [6, 6.07) is 3.53. The SMILES string of the molecule is COc1ccc2ncc(C(N)=O)n2c1. The Kier molecular flexibility index (Phi) is 1.85. The number of imidazole rings is 1. The Labute approximate surface area is 80.1 Å². The minimum atomic E-state index is -0.509. The van der Waals surface area contributed by atoms with E-state index in [-0.39, 0.29) is 0 Å². The summed E-state index contributed by atoms with van der Waals surface area (Å²) in [5.41, 5.74) is 6.19. The Morgan fingerprint density at radius 2 is 2.36 bits per heavy atom. The number of pyridine rings is 1. The smallest absolute Gasteiger partial charge is 0.267 e. The minimum absolute atomic E-state index is 0.346. The van der Waals surface area contributed by atoms with Gasteiger partial charge in [0, 0.05) is 0 Å². The number of carbonyl (C=O) groups is 1. The van der Waals surface area contributed by atoms with Crippen molar-refractivity contribution in [2.45, 2.75) is 0 Å². The van der Waals surface area contributed by atoms with Gasteiger partial charge in [-0.2, -0.15) is 0 Å². The fourth-order valence-electron chi connectivity index (χ4n) is 1.26. The quantitative estimate of drug-likeness (QED) is 0.748. The third-order valence-electron chi connectivity index (χ3n) is 1.97. The van der Waals surface area contributed by atoms with Crippen molar-refractivity contribution in [3.05, 3.63) is 30.2 Å². The zero-order valence-electron chi connectivity index (χ0n) is 7.60. The molecule has 14 heavy (non-hydrogen) atoms. The van der Waals surface area contributed by atoms with E-state index in [1.165, 1.54) is 6.20 Å². The van der Waals surface area contributed by atoms with E-state index in [1.54, 1.807) is 29.8 Å². The standard InChI is InChI=1S/C9H9N3O2/c1-14-6-2-3-8-11-4-7(9(10)13)12(8)5-6/h2-5H,1H3,(H2,10,13). The number of amides is 1. The van der Waals surface area contributed by atoms with Gasteiger partial charge in [0.2, 0.25) is 0 Å². The molecular weight excluding hydrogens is 182 g/mol. The van der Waals surface area contributed by atoms with Crippen LogP contribution in [0.25, 0.3) is 5.65 Å². The molecule has 2 N–H and O–H groups in total. The number of methoxy groups -OCH3 is 1. The first-order chi connectivity index (χ1) is 6.72. The van der Waals surface area contributed by atoms with E-state index in [1.807, 2.05) is 0 Å². The lowest BCUT2D eigenvalue weighted by atomic mass is 10.4. The number of hydrogen-bond donors (Lipinski definition) is 1. The summed E-state index contributed by atoms with van der Waals surface area (Å²) in [6.45, 7) is 0. The number of nitrogens with zero attached hydrogens (tertiary/aromatic N) is 2. The van der Waals surface area contributed by atoms with Gasteiger partial charge in [-0.25, -0.2) is 4.98 Å². The van der Waals surface area contributed by atoms with Crippen LogP contribution in [0, 0.1) is 0 Å². The molecule has 0 fully saturated rings. The van der Waals surface area contributed by atoms with Gasteiger partial charge < -0.3 is 10.5 Å². The molecule has 0 saturated carbocycles. The third kappa shape index (κ3) is 1.19. The van der Waals surface area contributed by atoms with Crippen LogP contribution in [0.3, 0.4) is 0 Å². The molecule has 0 aliphatic heterocycles. The van der Waals surface area contributed by atoms with Crippen molar-refractivity contribution in [2.75, 3.05) is 7.11 Å². The number of fused-ring (bicyclic) bond motifs is 1. The lowest BCUT2D eigenvalue weighted by molar-refractivity contribution is 0.0994. The van der Waals surface area contributed by atoms with Gasteiger partial charge >= 0.3 is 0 Å². The Morgan fingerprint density at radius 3 is 3.00 bits per heavy atom. The predicted octanol–water partition coefficient (Wildman–Crippen LogP) is 0.442. The molecule has 2 aromatic rings. The third-order valence-corrected chi connectivity index (χ3v) is 1.97. The maximum absolute atomic E-state index is 11.0. The number of rotatable bonds is 2. The Bertz CT molecular complexity index is 490. The van der Waals surface area contributed by atoms with Crippen LogP contribution in [0.2, 0.25) is 0 Å². The number of carbonyl (C=O) groups excluding carboxylic acids is 1. The first-order valence-electron chi connectivity index (χ1n) is 4.03. The first kappa shape index (κ1) is 8.55. The number of ether oxygens (including phenoxy) is 1. The van der Waals surface area contributed by atoms with Crippen LogP contribution in [0.15, 0.2) is 24.5 Å². The zero-order valence-corrected chi connectivity index (χ0v) is 7.60. The molecule has 0 aromatic carbocycles. The molecular formula is C9H9N3O2. The van der Waals surface area contributed by atoms with Crippen LogP contribution >= 0.6 is 0 Å². The van der Waals surface area contributed by atoms with Crippen LogP contribution in [0.4, 0.5) is 0 Å². The lowest BCUT2D eigenvalue weighted by Gasteiger charge is -2.01. The Balaban J connectivity index is 2.69. The van der Waals surface area contributed by atoms with Crippen molar-refractivity contribution < 1.29 is 9.53 Å². The van der Waals surface area contributed by atoms with E-state index < -0.39 is 5.91 Å². The molecule has 2 heterocycles. The molecule has 0 radical (unpaired) electrons. The Morgan fingerprint density at radius 1 is 1.57 bits per heavy atom. The molecule has 0 atom stereocenters. The summed E-state index contributed by atoms with van der Waals surface area (Å²) in [6.07, 6.45) is 3.11. The van der Waals surface area contributed by atoms with E-state index >= 15 is 0 Å². The Hall–Kier alpha value is -2.04. The summed E-state index contributed by atoms with van der Waals surface area (Å²) >= 11 is 0. The largest absolute Gasteiger partial charge is 0.495 e. The lowest BCUT2D eigenvalue weighted by Crippen LogP contribution is -2.13. The maximum atomic E-state index is 11.0. The summed E-state index contributed by atoms with van der Waals surface area (Å²) in [5.74, 6) is 0.142. The fraction of sp³-hybridized carbons (Fsp3) is 0.111. The highest BCUT2D eigenvalue weighted by Crippen LogP contribution is 2.13. The monoisotopic (exact) mass is 191 g/mol. The molecule has 0 unspecified atom stereocenters. The summed E-state index contributed by atoms with van der Waals surface area (Å²) in [5, 5.41) is 0. The van der Waals surface area contributed by atoms with Crippen molar-refractivity contribution in [1.29, 1.82) is 0 Å². The fourth-order valence-corrected chi connectivity index (χ4v) is 1.26. The van der Waals surface area contributed by atoms with Crippen LogP contribution in [0.5, 0.6) is 5.75 Å². The second kappa shape index (κ2) is 3.02. The van der Waals surface area contributed by atoms with Crippen LogP contribution < -0.4 is 10.5 Å². The highest BCUT2D eigenvalue weighted by Gasteiger charge is 2.08. The van der Waals surface area contributed by atoms with Gasteiger partial charge in [-0.3, -0.25) is 9.20 Å². The molecule has 0 aliphatic rings. The van der Waals surface area contributed by atoms with Crippen LogP contribution in [-0.2, 0) is 0 Å². The van der Waals surface area contributed by atoms with Crippen molar-refractivity contribution in [1.82, 2.24) is 9.38 Å². The average Bonchev–Trinajstić information content (AvgIpc) is 2.59. The highest BCUT2D eigenvalue weighted by atomic mass is 16.5. The molecule has 2 rings (SSSR count). The summed E-state index contributed by atoms with van der Waals surface area (Å²) in [7, 11) is 1.56. The zero-order chi connectivity index (χ0) is 10.1. The van der Waals surface area contributed by atoms with E-state index in [0.29, 0.717) is 17.1 Å². The second-order valence-corrected chi connectivity index (χ2v) is 2.80. The van der Waals surface area contributed by atoms with E-state index in [2.05, 4.69) is 4.98 Å². The van der Waals surface area contributed by atoms with E-state index in [9.17, 15) is 4.79 Å². The molecule has 2 aromatic heterocycles. The number of hydrogen-bond acceptors (Lipinski definition) is 3. The van der Waals surface area contributed by atoms with E-state index in [4.69, 9.17) is 10.5 Å². The predicted molar refractivity (Wildman–Crippen MR) is 50.3 cm³/mol. The number of primary amides is 1. The highest BCUT2D eigenvalue weighted by molar-refractivity contribution is 5.91. The molecule has 0 spiro atoms. The normalized spacial score (nSPS) is 10.4. The van der Waals surface area contributed by atoms with Crippen LogP contribution in [0.1, 0.15) is 10.5 Å². The number of nitrogens with two attached hydrogens (primary N) is 1. The van der Waals surface area contributed by atoms with Crippen LogP contribution in [-0.4, -0.2) is 22.4 Å². The van der Waals surface area contributed by atoms with Crippen molar-refractivity contribution >= 4 is 11.6 Å². The van der Waals surface area contributed by atoms with Gasteiger partial charge in [0.25, 0.3) is 5.91 Å². The van der Waals surface area contributed by atoms with Gasteiger partial charge in [-0.1, -0.05) is 0 Å². The minimum Gasteiger partial charge on any atom is -0.495 e. The van der Waals surface area contributed by atoms with Crippen molar-refractivity contribution in [3.8, 4) is 5.75 Å². The second-order valence-electron chi connectivity index (χ2n) is 2.80. The van der Waals surface area contributed by atoms with E-state index in [0.717, 1.165) is 0 Å². The molecule has 72 valence electrons. The van der Waals surface area contributed by atoms with Crippen molar-refractivity contribution in [3.63, 3.8) is 0 Å². The molecule has 0 saturated heterocycles. The van der Waals surface area contributed by atoms with Crippen molar-refractivity contribution in [2.24, 2.45) is 5.73 Å². The average molecular weight is 191 g/mol. The van der Waals surface area contributed by atoms with Gasteiger partial charge in [-0.15, -0.1) is 0 Å². The molecule has 5 nitrogen and oxygen atoms in total. The molecule has 1 amide bonds. The maximum Gasteiger partial charge on any atom is 0.267 e. The molecule has 0 bridgehead atoms. The van der Waals surface area contributed by atoms with Gasteiger partial charge in [0.05, 0.1) is 19.5 Å². The summed E-state index contributed by atoms with van der Waals surface area (Å²) < 4.78 is 6.62. The number of aromatic nitrogens is 2. The summed E-state index contributed by atoms with van der Waals surface area (Å²) in [4.78, 5) is 15.0.